The van der Waals surface area contributed by atoms with Gasteiger partial charge in [0.05, 0.1) is 12.7 Å². The van der Waals surface area contributed by atoms with Crippen molar-refractivity contribution in [1.29, 1.82) is 0 Å². The lowest BCUT2D eigenvalue weighted by molar-refractivity contribution is -0.159. The summed E-state index contributed by atoms with van der Waals surface area (Å²) in [6.45, 7) is 2.79. The van der Waals surface area contributed by atoms with Gasteiger partial charge in [0.2, 0.25) is 0 Å². The van der Waals surface area contributed by atoms with Gasteiger partial charge in [0.1, 0.15) is 23.5 Å². The van der Waals surface area contributed by atoms with E-state index >= 15 is 0 Å². The summed E-state index contributed by atoms with van der Waals surface area (Å²) >= 11 is 0. The number of benzene rings is 1. The smallest absolute Gasteiger partial charge is 0.414 e. The summed E-state index contributed by atoms with van der Waals surface area (Å²) < 4.78 is 15.3. The maximum Gasteiger partial charge on any atom is 0.414 e. The van der Waals surface area contributed by atoms with Crippen molar-refractivity contribution >= 4 is 35.0 Å². The third-order valence-electron chi connectivity index (χ3n) is 5.04. The van der Waals surface area contributed by atoms with Gasteiger partial charge >= 0.3 is 23.9 Å². The number of imidazole rings is 1. The number of carboxylic acid groups (broad SMARTS) is 4. The van der Waals surface area contributed by atoms with E-state index in [4.69, 9.17) is 44.6 Å². The highest BCUT2D eigenvalue weighted by Gasteiger charge is 2.19. The van der Waals surface area contributed by atoms with Crippen molar-refractivity contribution in [2.24, 2.45) is 5.92 Å². The Balaban J connectivity index is 0.000000319. The molecule has 1 fully saturated rings. The van der Waals surface area contributed by atoms with E-state index < -0.39 is 23.9 Å². The SMILES string of the molecule is Fc1ccc(Cn2c(CC3CCNCC3)nc3cncnc32)cc1.O=C(O)C(=O)O.O=C(O)C(=O)O. The molecular formula is C22H24FN5O8. The monoisotopic (exact) mass is 505 g/mol. The number of aliphatic carboxylic acids is 4. The minimum Gasteiger partial charge on any atom is -0.473 e. The number of halogens is 1. The molecule has 5 N–H and O–H groups in total. The zero-order chi connectivity index (χ0) is 26.7. The quantitative estimate of drug-likeness (QED) is 0.313. The van der Waals surface area contributed by atoms with Crippen LogP contribution in [0, 0.1) is 11.7 Å². The molecule has 0 atom stereocenters. The number of hydrogen-bond donors (Lipinski definition) is 5. The Morgan fingerprint density at radius 1 is 0.944 bits per heavy atom. The van der Waals surface area contributed by atoms with E-state index in [2.05, 4.69) is 19.9 Å². The van der Waals surface area contributed by atoms with Crippen LogP contribution in [0.1, 0.15) is 24.2 Å². The van der Waals surface area contributed by atoms with Gasteiger partial charge in [0, 0.05) is 6.42 Å². The van der Waals surface area contributed by atoms with Crippen LogP contribution in [-0.4, -0.2) is 76.9 Å². The molecule has 14 heteroatoms. The van der Waals surface area contributed by atoms with Crippen LogP contribution in [0.5, 0.6) is 0 Å². The third kappa shape index (κ3) is 8.72. The maximum absolute atomic E-state index is 13.2. The number of nitrogens with one attached hydrogen (secondary N) is 1. The summed E-state index contributed by atoms with van der Waals surface area (Å²) in [5, 5.41) is 33.0. The van der Waals surface area contributed by atoms with Crippen LogP contribution in [-0.2, 0) is 32.1 Å². The second kappa shape index (κ2) is 13.4. The van der Waals surface area contributed by atoms with E-state index in [9.17, 15) is 4.39 Å². The molecule has 0 radical (unpaired) electrons. The van der Waals surface area contributed by atoms with Gasteiger partial charge in [-0.2, -0.15) is 0 Å². The number of aromatic nitrogens is 4. The first-order valence-electron chi connectivity index (χ1n) is 10.6. The van der Waals surface area contributed by atoms with E-state index in [0.29, 0.717) is 12.5 Å². The average Bonchev–Trinajstić information content (AvgIpc) is 3.18. The number of piperidine rings is 1. The van der Waals surface area contributed by atoms with Crippen LogP contribution in [0.4, 0.5) is 4.39 Å². The molecule has 0 unspecified atom stereocenters. The average molecular weight is 505 g/mol. The Kier molecular flexibility index (Phi) is 10.4. The number of nitrogens with zero attached hydrogens (tertiary/aromatic N) is 4. The summed E-state index contributed by atoms with van der Waals surface area (Å²) in [5.41, 5.74) is 2.71. The van der Waals surface area contributed by atoms with Gasteiger partial charge < -0.3 is 30.3 Å². The standard InChI is InChI=1S/C18H20FN5.2C2H2O4/c19-15-3-1-14(2-4-15)11-24-17(9-13-5-7-20-8-6-13)23-16-10-21-12-22-18(16)24;2*3-1(4)2(5)6/h1-4,10,12-13,20H,5-9,11H2;2*(H,3,4)(H,5,6). The van der Waals surface area contributed by atoms with Crippen LogP contribution in [0.15, 0.2) is 36.8 Å². The zero-order valence-corrected chi connectivity index (χ0v) is 18.9. The Labute approximate surface area is 203 Å². The molecule has 0 saturated carbocycles. The van der Waals surface area contributed by atoms with Crippen molar-refractivity contribution in [2.75, 3.05) is 13.1 Å². The van der Waals surface area contributed by atoms with E-state index in [0.717, 1.165) is 42.1 Å². The molecule has 36 heavy (non-hydrogen) atoms. The van der Waals surface area contributed by atoms with Gasteiger partial charge in [-0.15, -0.1) is 0 Å². The molecular weight excluding hydrogens is 481 g/mol. The number of carboxylic acids is 4. The second-order valence-electron chi connectivity index (χ2n) is 7.59. The minimum absolute atomic E-state index is 0.216. The van der Waals surface area contributed by atoms with Crippen molar-refractivity contribution in [3.63, 3.8) is 0 Å². The van der Waals surface area contributed by atoms with Crippen molar-refractivity contribution in [3.8, 4) is 0 Å². The summed E-state index contributed by atoms with van der Waals surface area (Å²) in [7, 11) is 0. The van der Waals surface area contributed by atoms with Crippen LogP contribution < -0.4 is 5.32 Å². The molecule has 3 aromatic rings. The highest BCUT2D eigenvalue weighted by molar-refractivity contribution is 6.27. The van der Waals surface area contributed by atoms with Gasteiger partial charge in [-0.05, 0) is 49.5 Å². The molecule has 1 saturated heterocycles. The molecule has 13 nitrogen and oxygen atoms in total. The molecule has 0 amide bonds. The maximum atomic E-state index is 13.2. The molecule has 4 rings (SSSR count). The predicted octanol–water partition coefficient (Wildman–Crippen LogP) is 0.867. The van der Waals surface area contributed by atoms with Gasteiger partial charge in [0.25, 0.3) is 0 Å². The van der Waals surface area contributed by atoms with E-state index in [1.165, 1.54) is 25.0 Å². The molecule has 0 aliphatic carbocycles. The summed E-state index contributed by atoms with van der Waals surface area (Å²) in [6, 6.07) is 6.62. The fraction of sp³-hybridized carbons (Fsp3) is 0.318. The summed E-state index contributed by atoms with van der Waals surface area (Å²) in [5.74, 6) is -5.83. The fourth-order valence-electron chi connectivity index (χ4n) is 3.36. The lowest BCUT2D eigenvalue weighted by atomic mass is 9.94. The Bertz CT molecular complexity index is 1160. The van der Waals surface area contributed by atoms with E-state index in [1.807, 2.05) is 12.1 Å². The highest BCUT2D eigenvalue weighted by Crippen LogP contribution is 2.22. The lowest BCUT2D eigenvalue weighted by Crippen LogP contribution is -2.29. The molecule has 3 heterocycles. The van der Waals surface area contributed by atoms with Crippen LogP contribution in [0.2, 0.25) is 0 Å². The fourth-order valence-corrected chi connectivity index (χ4v) is 3.36. The molecule has 1 aromatic carbocycles. The van der Waals surface area contributed by atoms with Crippen molar-refractivity contribution in [3.05, 3.63) is 54.0 Å². The predicted molar refractivity (Wildman–Crippen MR) is 121 cm³/mol. The largest absolute Gasteiger partial charge is 0.473 e. The number of carbonyl (C=O) groups is 4. The number of hydrogen-bond acceptors (Lipinski definition) is 8. The molecule has 2 aromatic heterocycles. The van der Waals surface area contributed by atoms with Gasteiger partial charge in [-0.1, -0.05) is 12.1 Å². The van der Waals surface area contributed by atoms with Crippen molar-refractivity contribution < 1.29 is 44.0 Å². The van der Waals surface area contributed by atoms with Crippen molar-refractivity contribution in [1.82, 2.24) is 24.8 Å². The van der Waals surface area contributed by atoms with Gasteiger partial charge in [-0.25, -0.2) is 38.5 Å². The van der Waals surface area contributed by atoms with Gasteiger partial charge in [0.15, 0.2) is 5.65 Å². The van der Waals surface area contributed by atoms with Gasteiger partial charge in [-0.3, -0.25) is 0 Å². The third-order valence-corrected chi connectivity index (χ3v) is 5.04. The first-order chi connectivity index (χ1) is 17.1. The lowest BCUT2D eigenvalue weighted by Gasteiger charge is -2.22. The Morgan fingerprint density at radius 3 is 2.03 bits per heavy atom. The molecule has 0 spiro atoms. The Morgan fingerprint density at radius 2 is 1.50 bits per heavy atom. The second-order valence-corrected chi connectivity index (χ2v) is 7.59. The van der Waals surface area contributed by atoms with Crippen molar-refractivity contribution in [2.45, 2.75) is 25.8 Å². The summed E-state index contributed by atoms with van der Waals surface area (Å²) in [6.07, 6.45) is 6.60. The number of fused-ring (bicyclic) bond motifs is 1. The minimum atomic E-state index is -1.82. The number of rotatable bonds is 4. The van der Waals surface area contributed by atoms with Crippen LogP contribution >= 0.6 is 0 Å². The van der Waals surface area contributed by atoms with E-state index in [-0.39, 0.29) is 5.82 Å². The Hall–Kier alpha value is -4.46. The summed E-state index contributed by atoms with van der Waals surface area (Å²) in [4.78, 5) is 49.7. The van der Waals surface area contributed by atoms with Crippen LogP contribution in [0.3, 0.4) is 0 Å². The van der Waals surface area contributed by atoms with E-state index in [1.54, 1.807) is 12.5 Å². The molecule has 0 bridgehead atoms. The first-order valence-corrected chi connectivity index (χ1v) is 10.6. The van der Waals surface area contributed by atoms with Crippen LogP contribution in [0.25, 0.3) is 11.2 Å². The molecule has 1 aliphatic rings. The normalized spacial score (nSPS) is 13.0. The first kappa shape index (κ1) is 27.8. The highest BCUT2D eigenvalue weighted by atomic mass is 19.1. The molecule has 1 aliphatic heterocycles. The zero-order valence-electron chi connectivity index (χ0n) is 18.9. The molecule has 192 valence electrons. The topological polar surface area (TPSA) is 205 Å².